The Bertz CT molecular complexity index is 1870. The van der Waals surface area contributed by atoms with Crippen molar-refractivity contribution in [2.75, 3.05) is 26.4 Å². The number of carboxylic acids is 1. The second-order valence-corrected chi connectivity index (χ2v) is 25.7. The van der Waals surface area contributed by atoms with Crippen molar-refractivity contribution in [3.63, 3.8) is 0 Å². The second kappa shape index (κ2) is 48.2. The Morgan fingerprint density at radius 3 is 1.50 bits per heavy atom. The van der Waals surface area contributed by atoms with E-state index in [2.05, 4.69) is 36.6 Å². The summed E-state index contributed by atoms with van der Waals surface area (Å²) in [4.78, 5) is 38.5. The second-order valence-electron chi connectivity index (χ2n) is 25.7. The molecule has 3 fully saturated rings. The van der Waals surface area contributed by atoms with Crippen molar-refractivity contribution < 1.29 is 104 Å². The van der Waals surface area contributed by atoms with Crippen LogP contribution in [0.2, 0.25) is 0 Å². The van der Waals surface area contributed by atoms with E-state index in [0.717, 1.165) is 64.7 Å². The molecule has 3 aliphatic heterocycles. The van der Waals surface area contributed by atoms with Gasteiger partial charge in [0.25, 0.3) is 5.79 Å². The summed E-state index contributed by atoms with van der Waals surface area (Å²) in [5, 5.41) is 136. The molecule has 3 saturated heterocycles. The zero-order valence-corrected chi connectivity index (χ0v) is 55.0. The van der Waals surface area contributed by atoms with Crippen molar-refractivity contribution in [3.8, 4) is 0 Å². The summed E-state index contributed by atoms with van der Waals surface area (Å²) in [5.74, 6) is -6.10. The number of aliphatic hydroxyl groups excluding tert-OH is 11. The smallest absolute Gasteiger partial charge is 0.364 e. The number of allylic oxidation sites excluding steroid dienone is 2. The molecule has 18 unspecified atom stereocenters. The minimum Gasteiger partial charge on any atom is -0.477 e. The SMILES string of the molecule is CCCCCCCCCCCCCC/C=C\CCCCCCCCCCC(=O)NC(COC1OC(CO)C(OC2OC(CO)C(O)C(OC3(C(=O)O)CC(O)C(NC(C)=O)C(C(O)C(O)CO)O3)C2O)C(O)C1O)C(O)CCCCCCCCCCCCCC. The molecule has 0 bridgehead atoms. The van der Waals surface area contributed by atoms with E-state index in [0.29, 0.717) is 19.3 Å². The van der Waals surface area contributed by atoms with Crippen LogP contribution in [0.3, 0.4) is 0 Å². The van der Waals surface area contributed by atoms with Gasteiger partial charge in [-0.3, -0.25) is 9.59 Å². The number of unbranched alkanes of at least 4 members (excludes halogenated alkanes) is 31. The molecule has 0 saturated carbocycles. The fourth-order valence-electron chi connectivity index (χ4n) is 12.4. The van der Waals surface area contributed by atoms with Crippen molar-refractivity contribution in [3.05, 3.63) is 12.2 Å². The third-order valence-corrected chi connectivity index (χ3v) is 18.0. The van der Waals surface area contributed by atoms with Gasteiger partial charge < -0.3 is 100 Å². The van der Waals surface area contributed by atoms with Crippen LogP contribution in [0.25, 0.3) is 0 Å². The molecule has 3 rings (SSSR count). The number of carbonyl (C=O) groups excluding carboxylic acids is 2. The molecule has 528 valence electrons. The van der Waals surface area contributed by atoms with Gasteiger partial charge in [0.1, 0.15) is 67.1 Å². The highest BCUT2D eigenvalue weighted by molar-refractivity contribution is 5.77. The predicted octanol–water partition coefficient (Wildman–Crippen LogP) is 6.29. The van der Waals surface area contributed by atoms with Gasteiger partial charge in [0.05, 0.1) is 50.7 Å². The van der Waals surface area contributed by atoms with Crippen LogP contribution in [0.1, 0.15) is 258 Å². The number of hydrogen-bond donors (Lipinski definition) is 14. The molecule has 0 spiro atoms. The first-order chi connectivity index (χ1) is 43.4. The van der Waals surface area contributed by atoms with Crippen molar-refractivity contribution in [2.24, 2.45) is 0 Å². The average molecular weight is 1290 g/mol. The Morgan fingerprint density at radius 1 is 0.567 bits per heavy atom. The normalized spacial score (nSPS) is 28.6. The number of carbonyl (C=O) groups is 3. The van der Waals surface area contributed by atoms with Crippen LogP contribution >= 0.6 is 0 Å². The number of hydrogen-bond acceptors (Lipinski definition) is 20. The summed E-state index contributed by atoms with van der Waals surface area (Å²) >= 11 is 0. The lowest BCUT2D eigenvalue weighted by Gasteiger charge is -2.50. The minimum absolute atomic E-state index is 0.221. The molecule has 14 N–H and O–H groups in total. The highest BCUT2D eigenvalue weighted by Gasteiger charge is 2.60. The number of aliphatic carboxylic acids is 1. The fourth-order valence-corrected chi connectivity index (χ4v) is 12.4. The Balaban J connectivity index is 1.55. The first-order valence-electron chi connectivity index (χ1n) is 35.0. The van der Waals surface area contributed by atoms with Gasteiger partial charge in [-0.25, -0.2) is 4.79 Å². The summed E-state index contributed by atoms with van der Waals surface area (Å²) in [6, 6.07) is -2.53. The Hall–Kier alpha value is -2.53. The van der Waals surface area contributed by atoms with E-state index >= 15 is 0 Å². The van der Waals surface area contributed by atoms with E-state index in [1.165, 1.54) is 148 Å². The van der Waals surface area contributed by atoms with Crippen molar-refractivity contribution >= 4 is 17.8 Å². The lowest BCUT2D eigenvalue weighted by Crippen LogP contribution is -2.70. The number of rotatable bonds is 53. The van der Waals surface area contributed by atoms with Crippen LogP contribution in [-0.2, 0) is 42.8 Å². The lowest BCUT2D eigenvalue weighted by atomic mass is 9.88. The molecular formula is C67H124N2O21. The van der Waals surface area contributed by atoms with E-state index in [1.807, 2.05) is 0 Å². The molecule has 0 aromatic heterocycles. The maximum absolute atomic E-state index is 13.5. The van der Waals surface area contributed by atoms with Gasteiger partial charge in [-0.1, -0.05) is 212 Å². The van der Waals surface area contributed by atoms with Crippen LogP contribution in [-0.4, -0.2) is 215 Å². The largest absolute Gasteiger partial charge is 0.477 e. The standard InChI is InChI=1S/C67H124N2O21/c1-4-6-8-10-12-14-16-18-19-20-21-22-23-24-25-26-27-28-29-31-33-35-37-39-41-54(77)69-48(49(74)40-38-36-34-32-30-17-15-13-11-9-7-5-2)46-85-64-59(81)58(80)61(53(45-72)87-64)88-65-60(82)63(57(79)52(44-71)86-65)90-67(66(83)84)42-50(75)55(68-47(3)73)62(89-67)56(78)51(76)43-70/h24-25,48-53,55-65,70-72,74-76,78-82H,4-23,26-46H2,1-3H3,(H,68,73)(H,69,77)(H,83,84)/b25-24-. The highest BCUT2D eigenvalue weighted by Crippen LogP contribution is 2.39. The number of ether oxygens (including phenoxy) is 6. The lowest BCUT2D eigenvalue weighted by molar-refractivity contribution is -0.386. The van der Waals surface area contributed by atoms with Gasteiger partial charge in [-0.05, 0) is 38.5 Å². The van der Waals surface area contributed by atoms with Crippen molar-refractivity contribution in [1.29, 1.82) is 0 Å². The molecular weight excluding hydrogens is 1170 g/mol. The molecule has 3 heterocycles. The van der Waals surface area contributed by atoms with Crippen LogP contribution in [0.4, 0.5) is 0 Å². The van der Waals surface area contributed by atoms with Crippen LogP contribution in [0.5, 0.6) is 0 Å². The van der Waals surface area contributed by atoms with Gasteiger partial charge in [-0.15, -0.1) is 0 Å². The molecule has 18 atom stereocenters. The molecule has 3 aliphatic rings. The molecule has 23 nitrogen and oxygen atoms in total. The Kier molecular flexibility index (Phi) is 43.8. The summed E-state index contributed by atoms with van der Waals surface area (Å²) < 4.78 is 34.8. The third kappa shape index (κ3) is 30.5. The van der Waals surface area contributed by atoms with Gasteiger partial charge in [0.2, 0.25) is 11.8 Å². The zero-order chi connectivity index (χ0) is 66.1. The molecule has 0 aromatic carbocycles. The molecule has 0 radical (unpaired) electrons. The fraction of sp³-hybridized carbons (Fsp3) is 0.925. The number of aliphatic hydroxyl groups is 11. The van der Waals surface area contributed by atoms with Gasteiger partial charge >= 0.3 is 5.97 Å². The monoisotopic (exact) mass is 1290 g/mol. The minimum atomic E-state index is -3.08. The molecule has 23 heteroatoms. The van der Waals surface area contributed by atoms with E-state index in [-0.39, 0.29) is 18.9 Å². The molecule has 0 aromatic rings. The summed E-state index contributed by atoms with van der Waals surface area (Å²) in [6.07, 6.45) is 16.6. The van der Waals surface area contributed by atoms with Gasteiger partial charge in [0.15, 0.2) is 12.6 Å². The van der Waals surface area contributed by atoms with E-state index in [1.54, 1.807) is 0 Å². The topological polar surface area (TPSA) is 373 Å². The van der Waals surface area contributed by atoms with E-state index < -0.39 is 148 Å². The quantitative estimate of drug-likeness (QED) is 0.0235. The molecule has 90 heavy (non-hydrogen) atoms. The maximum atomic E-state index is 13.5. The summed E-state index contributed by atoms with van der Waals surface area (Å²) in [6.45, 7) is 2.20. The summed E-state index contributed by atoms with van der Waals surface area (Å²) in [7, 11) is 0. The first kappa shape index (κ1) is 81.7. The summed E-state index contributed by atoms with van der Waals surface area (Å²) in [5.41, 5.74) is 0. The zero-order valence-electron chi connectivity index (χ0n) is 55.0. The maximum Gasteiger partial charge on any atom is 0.364 e. The van der Waals surface area contributed by atoms with Crippen molar-refractivity contribution in [1.82, 2.24) is 10.6 Å². The predicted molar refractivity (Wildman–Crippen MR) is 338 cm³/mol. The average Bonchev–Trinajstić information content (AvgIpc) is 0.803. The number of carboxylic acid groups (broad SMARTS) is 1. The Labute approximate surface area is 537 Å². The highest BCUT2D eigenvalue weighted by atomic mass is 16.8. The molecule has 2 amide bonds. The van der Waals surface area contributed by atoms with Gasteiger partial charge in [-0.2, -0.15) is 0 Å². The van der Waals surface area contributed by atoms with Crippen molar-refractivity contribution in [2.45, 2.75) is 368 Å². The Morgan fingerprint density at radius 2 is 1.03 bits per heavy atom. The third-order valence-electron chi connectivity index (χ3n) is 18.0. The number of nitrogens with one attached hydrogen (secondary N) is 2. The van der Waals surface area contributed by atoms with Crippen LogP contribution in [0.15, 0.2) is 12.2 Å². The van der Waals surface area contributed by atoms with Crippen LogP contribution in [0, 0.1) is 0 Å². The first-order valence-corrected chi connectivity index (χ1v) is 35.0. The van der Waals surface area contributed by atoms with Crippen LogP contribution < -0.4 is 10.6 Å². The number of amides is 2. The van der Waals surface area contributed by atoms with E-state index in [4.69, 9.17) is 28.4 Å². The molecule has 0 aliphatic carbocycles. The van der Waals surface area contributed by atoms with Gasteiger partial charge in [0, 0.05) is 19.8 Å². The van der Waals surface area contributed by atoms with E-state index in [9.17, 15) is 75.7 Å².